The first-order chi connectivity index (χ1) is 7.91. The summed E-state index contributed by atoms with van der Waals surface area (Å²) in [5.74, 6) is 1.19. The molecule has 1 saturated carbocycles. The maximum Gasteiger partial charge on any atom is 0.0382 e. The molecule has 0 spiro atoms. The fourth-order valence-electron chi connectivity index (χ4n) is 3.51. The molecule has 0 amide bonds. The van der Waals surface area contributed by atoms with E-state index >= 15 is 0 Å². The summed E-state index contributed by atoms with van der Waals surface area (Å²) in [5, 5.41) is 0. The van der Waals surface area contributed by atoms with Crippen LogP contribution in [-0.4, -0.2) is 42.1 Å². The molecule has 0 aromatic carbocycles. The predicted octanol–water partition coefficient (Wildman–Crippen LogP) is 2.97. The van der Waals surface area contributed by atoms with Crippen LogP contribution in [0, 0.1) is 5.41 Å². The summed E-state index contributed by atoms with van der Waals surface area (Å²) in [6.45, 7) is 7.93. The molecule has 2 atom stereocenters. The molecular formula is C14H30N2S. The topological polar surface area (TPSA) is 29.3 Å². The monoisotopic (exact) mass is 258 g/mol. The predicted molar refractivity (Wildman–Crippen MR) is 79.6 cm³/mol. The van der Waals surface area contributed by atoms with E-state index in [2.05, 4.69) is 39.0 Å². The zero-order valence-electron chi connectivity index (χ0n) is 12.3. The lowest BCUT2D eigenvalue weighted by Gasteiger charge is -2.56. The number of nitrogens with two attached hydrogens (primary N) is 1. The summed E-state index contributed by atoms with van der Waals surface area (Å²) >= 11 is 1.93. The van der Waals surface area contributed by atoms with Gasteiger partial charge in [-0.25, -0.2) is 0 Å². The Morgan fingerprint density at radius 2 is 1.88 bits per heavy atom. The largest absolute Gasteiger partial charge is 0.329 e. The lowest BCUT2D eigenvalue weighted by atomic mass is 9.62. The van der Waals surface area contributed by atoms with Crippen LogP contribution in [0.15, 0.2) is 0 Å². The van der Waals surface area contributed by atoms with Gasteiger partial charge in [-0.15, -0.1) is 0 Å². The van der Waals surface area contributed by atoms with Crippen molar-refractivity contribution in [1.29, 1.82) is 0 Å². The van der Waals surface area contributed by atoms with Crippen LogP contribution >= 0.6 is 11.8 Å². The quantitative estimate of drug-likeness (QED) is 0.822. The zero-order chi connectivity index (χ0) is 13.1. The van der Waals surface area contributed by atoms with E-state index in [4.69, 9.17) is 5.73 Å². The van der Waals surface area contributed by atoms with E-state index in [0.717, 1.165) is 6.54 Å². The van der Waals surface area contributed by atoms with E-state index in [1.54, 1.807) is 0 Å². The Morgan fingerprint density at radius 1 is 1.29 bits per heavy atom. The Bertz CT molecular complexity index is 242. The summed E-state index contributed by atoms with van der Waals surface area (Å²) in [6, 6.07) is 0.603. The summed E-state index contributed by atoms with van der Waals surface area (Å²) in [5.41, 5.74) is 6.73. The molecule has 2 unspecified atom stereocenters. The van der Waals surface area contributed by atoms with Crippen LogP contribution in [0.5, 0.6) is 0 Å². The van der Waals surface area contributed by atoms with Gasteiger partial charge in [0.25, 0.3) is 0 Å². The first-order valence-corrected chi connectivity index (χ1v) is 8.22. The van der Waals surface area contributed by atoms with Crippen LogP contribution < -0.4 is 5.73 Å². The number of rotatable bonds is 5. The van der Waals surface area contributed by atoms with Crippen LogP contribution in [0.25, 0.3) is 0 Å². The van der Waals surface area contributed by atoms with Gasteiger partial charge in [-0.1, -0.05) is 26.7 Å². The molecule has 102 valence electrons. The molecule has 1 aliphatic rings. The average molecular weight is 258 g/mol. The van der Waals surface area contributed by atoms with Crippen LogP contribution in [-0.2, 0) is 0 Å². The van der Waals surface area contributed by atoms with Gasteiger partial charge in [-0.05, 0) is 38.5 Å². The van der Waals surface area contributed by atoms with Gasteiger partial charge in [0.2, 0.25) is 0 Å². The van der Waals surface area contributed by atoms with Crippen LogP contribution in [0.2, 0.25) is 0 Å². The highest BCUT2D eigenvalue weighted by Gasteiger charge is 2.49. The Kier molecular flexibility index (Phi) is 5.36. The van der Waals surface area contributed by atoms with E-state index < -0.39 is 0 Å². The Morgan fingerprint density at radius 3 is 2.35 bits per heavy atom. The van der Waals surface area contributed by atoms with Crippen molar-refractivity contribution >= 4 is 11.8 Å². The van der Waals surface area contributed by atoms with E-state index in [0.29, 0.717) is 11.5 Å². The minimum absolute atomic E-state index is 0.195. The molecule has 3 heteroatoms. The summed E-state index contributed by atoms with van der Waals surface area (Å²) in [6.07, 6.45) is 7.44. The SMILES string of the molecule is CSCC(C)N(C)C1(CN)CCCCC1(C)C. The third-order valence-electron chi connectivity index (χ3n) is 4.98. The second-order valence-electron chi connectivity index (χ2n) is 6.24. The van der Waals surface area contributed by atoms with Crippen molar-refractivity contribution in [2.75, 3.05) is 25.6 Å². The second-order valence-corrected chi connectivity index (χ2v) is 7.15. The smallest absolute Gasteiger partial charge is 0.0382 e. The number of likely N-dealkylation sites (N-methyl/N-ethyl adjacent to an activating group) is 1. The van der Waals surface area contributed by atoms with Crippen LogP contribution in [0.4, 0.5) is 0 Å². The normalized spacial score (nSPS) is 30.5. The van der Waals surface area contributed by atoms with Crippen molar-refractivity contribution in [2.45, 2.75) is 58.0 Å². The molecule has 2 N–H and O–H groups in total. The number of thioether (sulfide) groups is 1. The maximum absolute atomic E-state index is 6.20. The van der Waals surface area contributed by atoms with Crippen molar-refractivity contribution in [3.8, 4) is 0 Å². The molecule has 1 rings (SSSR count). The van der Waals surface area contributed by atoms with Crippen LogP contribution in [0.3, 0.4) is 0 Å². The van der Waals surface area contributed by atoms with Gasteiger partial charge in [0.05, 0.1) is 0 Å². The van der Waals surface area contributed by atoms with Crippen molar-refractivity contribution in [3.63, 3.8) is 0 Å². The van der Waals surface area contributed by atoms with Gasteiger partial charge in [0.1, 0.15) is 0 Å². The Balaban J connectivity index is 2.92. The molecule has 1 fully saturated rings. The highest BCUT2D eigenvalue weighted by Crippen LogP contribution is 2.47. The third-order valence-corrected chi connectivity index (χ3v) is 5.80. The average Bonchev–Trinajstić information content (AvgIpc) is 2.28. The summed E-state index contributed by atoms with van der Waals surface area (Å²) < 4.78 is 0. The van der Waals surface area contributed by atoms with Gasteiger partial charge < -0.3 is 5.73 Å². The molecule has 17 heavy (non-hydrogen) atoms. The van der Waals surface area contributed by atoms with Gasteiger partial charge in [-0.2, -0.15) is 11.8 Å². The van der Waals surface area contributed by atoms with Gasteiger partial charge in [-0.3, -0.25) is 4.90 Å². The fraction of sp³-hybridized carbons (Fsp3) is 1.00. The first kappa shape index (κ1) is 15.3. The molecular weight excluding hydrogens is 228 g/mol. The van der Waals surface area contributed by atoms with E-state index in [9.17, 15) is 0 Å². The zero-order valence-corrected chi connectivity index (χ0v) is 13.1. The minimum Gasteiger partial charge on any atom is -0.329 e. The van der Waals surface area contributed by atoms with E-state index in [-0.39, 0.29) is 5.54 Å². The van der Waals surface area contributed by atoms with Crippen molar-refractivity contribution < 1.29 is 0 Å². The molecule has 0 saturated heterocycles. The molecule has 0 radical (unpaired) electrons. The van der Waals surface area contributed by atoms with Crippen molar-refractivity contribution in [1.82, 2.24) is 4.90 Å². The minimum atomic E-state index is 0.195. The standard InChI is InChI=1S/C14H30N2S/c1-12(10-17-5)16(4)14(11-15)9-7-6-8-13(14,2)3/h12H,6-11,15H2,1-5H3. The van der Waals surface area contributed by atoms with E-state index in [1.807, 2.05) is 11.8 Å². The molecule has 1 aliphatic carbocycles. The van der Waals surface area contributed by atoms with E-state index in [1.165, 1.54) is 31.4 Å². The van der Waals surface area contributed by atoms with Crippen molar-refractivity contribution in [2.24, 2.45) is 11.1 Å². The highest BCUT2D eigenvalue weighted by molar-refractivity contribution is 7.98. The second kappa shape index (κ2) is 5.94. The van der Waals surface area contributed by atoms with Gasteiger partial charge in [0, 0.05) is 23.9 Å². The third kappa shape index (κ3) is 2.82. The van der Waals surface area contributed by atoms with Crippen LogP contribution in [0.1, 0.15) is 46.5 Å². The maximum atomic E-state index is 6.20. The molecule has 0 aromatic rings. The van der Waals surface area contributed by atoms with Crippen molar-refractivity contribution in [3.05, 3.63) is 0 Å². The lowest BCUT2D eigenvalue weighted by Crippen LogP contribution is -2.64. The number of nitrogens with zero attached hydrogens (tertiary/aromatic N) is 1. The lowest BCUT2D eigenvalue weighted by molar-refractivity contribution is -0.0437. The summed E-state index contributed by atoms with van der Waals surface area (Å²) in [7, 11) is 2.28. The molecule has 0 heterocycles. The summed E-state index contributed by atoms with van der Waals surface area (Å²) in [4.78, 5) is 2.57. The fourth-order valence-corrected chi connectivity index (χ4v) is 4.21. The number of hydrogen-bond donors (Lipinski definition) is 1. The molecule has 2 nitrogen and oxygen atoms in total. The molecule has 0 bridgehead atoms. The molecule has 0 aliphatic heterocycles. The Labute approximate surface area is 112 Å². The number of hydrogen-bond acceptors (Lipinski definition) is 3. The molecule has 0 aromatic heterocycles. The first-order valence-electron chi connectivity index (χ1n) is 6.83. The Hall–Kier alpha value is 0.270. The van der Waals surface area contributed by atoms with Gasteiger partial charge in [0.15, 0.2) is 0 Å². The highest BCUT2D eigenvalue weighted by atomic mass is 32.2. The van der Waals surface area contributed by atoms with Gasteiger partial charge >= 0.3 is 0 Å².